The molecule has 2 N–H and O–H groups in total. The molecule has 0 saturated heterocycles. The number of benzene rings is 2. The van der Waals surface area contributed by atoms with Crippen molar-refractivity contribution in [2.45, 2.75) is 27.1 Å². The highest BCUT2D eigenvalue weighted by Crippen LogP contribution is 2.37. The van der Waals surface area contributed by atoms with Gasteiger partial charge in [-0.25, -0.2) is 9.78 Å². The lowest BCUT2D eigenvalue weighted by Crippen LogP contribution is -2.21. The minimum absolute atomic E-state index is 0.0314. The van der Waals surface area contributed by atoms with Gasteiger partial charge < -0.3 is 19.8 Å². The molecule has 0 unspecified atom stereocenters. The van der Waals surface area contributed by atoms with Crippen molar-refractivity contribution in [1.29, 1.82) is 0 Å². The van der Waals surface area contributed by atoms with Crippen LogP contribution < -0.4 is 4.74 Å². The second-order valence-corrected chi connectivity index (χ2v) is 7.28. The number of carboxylic acids is 1. The highest BCUT2D eigenvalue weighted by atomic mass is 35.5. The monoisotopic (exact) mass is 484 g/mol. The summed E-state index contributed by atoms with van der Waals surface area (Å²) in [6.45, 7) is 10.1. The van der Waals surface area contributed by atoms with Gasteiger partial charge in [-0.05, 0) is 50.0 Å². The van der Waals surface area contributed by atoms with E-state index in [1.807, 2.05) is 0 Å². The normalized spacial score (nSPS) is 11.3. The second-order valence-electron chi connectivity index (χ2n) is 6.84. The fourth-order valence-corrected chi connectivity index (χ4v) is 3.25. The summed E-state index contributed by atoms with van der Waals surface area (Å²) >= 11 is 5.80. The molecular formula is C23H24ClF3N2O4. The Bertz CT molecular complexity index is 1100. The van der Waals surface area contributed by atoms with E-state index >= 15 is 0 Å². The van der Waals surface area contributed by atoms with Gasteiger partial charge in [0, 0.05) is 16.0 Å². The number of fused-ring (bicyclic) bond motifs is 1. The van der Waals surface area contributed by atoms with Gasteiger partial charge in [-0.3, -0.25) is 0 Å². The molecule has 0 fully saturated rings. The molecule has 2 aromatic carbocycles. The van der Waals surface area contributed by atoms with Gasteiger partial charge in [0.1, 0.15) is 17.0 Å². The van der Waals surface area contributed by atoms with Gasteiger partial charge in [-0.15, -0.1) is 13.2 Å². The smallest absolute Gasteiger partial charge is 0.505 e. The molecule has 3 aromatic rings. The van der Waals surface area contributed by atoms with Gasteiger partial charge in [0.25, 0.3) is 0 Å². The highest BCUT2D eigenvalue weighted by molar-refractivity contribution is 6.30. The van der Waals surface area contributed by atoms with Crippen LogP contribution in [-0.4, -0.2) is 52.1 Å². The SMILES string of the molecule is CCN(CC)CC.O=C(O)c1c(O)c(-c2ccc(Cl)cc2)nc2ccc(OC(F)(F)F)cc12. The number of alkyl halides is 3. The number of nitrogens with zero attached hydrogens (tertiary/aromatic N) is 2. The summed E-state index contributed by atoms with van der Waals surface area (Å²) < 4.78 is 40.9. The van der Waals surface area contributed by atoms with E-state index in [1.54, 1.807) is 0 Å². The molecule has 1 aromatic heterocycles. The summed E-state index contributed by atoms with van der Waals surface area (Å²) in [7, 11) is 0. The molecule has 3 rings (SSSR count). The summed E-state index contributed by atoms with van der Waals surface area (Å²) in [5.74, 6) is -2.81. The number of hydrogen-bond donors (Lipinski definition) is 2. The summed E-state index contributed by atoms with van der Waals surface area (Å²) in [4.78, 5) is 18.1. The number of ether oxygens (including phenoxy) is 1. The largest absolute Gasteiger partial charge is 0.573 e. The number of carbonyl (C=O) groups is 1. The molecular weight excluding hydrogens is 461 g/mol. The second kappa shape index (κ2) is 11.2. The third-order valence-corrected chi connectivity index (χ3v) is 5.09. The number of halogens is 4. The first-order valence-electron chi connectivity index (χ1n) is 10.1. The number of pyridine rings is 1. The van der Waals surface area contributed by atoms with E-state index < -0.39 is 29.4 Å². The molecule has 0 atom stereocenters. The summed E-state index contributed by atoms with van der Waals surface area (Å²) in [6, 6.07) is 9.18. The van der Waals surface area contributed by atoms with E-state index in [1.165, 1.54) is 50.0 Å². The molecule has 0 aliphatic heterocycles. The van der Waals surface area contributed by atoms with Gasteiger partial charge >= 0.3 is 12.3 Å². The van der Waals surface area contributed by atoms with Crippen LogP contribution in [0.5, 0.6) is 11.5 Å². The average Bonchev–Trinajstić information content (AvgIpc) is 2.74. The molecule has 0 spiro atoms. The Kier molecular flexibility index (Phi) is 8.90. The topological polar surface area (TPSA) is 82.9 Å². The maximum absolute atomic E-state index is 12.4. The lowest BCUT2D eigenvalue weighted by Gasteiger charge is -2.13. The molecule has 6 nitrogen and oxygen atoms in total. The predicted octanol–water partition coefficient (Wildman–Crippen LogP) is 6.21. The van der Waals surface area contributed by atoms with Gasteiger partial charge in [0.2, 0.25) is 0 Å². The molecule has 178 valence electrons. The molecule has 1 heterocycles. The van der Waals surface area contributed by atoms with Crippen LogP contribution in [0.15, 0.2) is 42.5 Å². The first kappa shape index (κ1) is 26.2. The number of aromatic carboxylic acids is 1. The van der Waals surface area contributed by atoms with Crippen molar-refractivity contribution >= 4 is 28.5 Å². The standard InChI is InChI=1S/C17H9ClF3NO4.C6H15N/c18-9-3-1-8(2-4-9)14-15(23)13(16(24)25)11-7-10(26-17(19,20)21)5-6-12(11)22-14;1-4-7(5-2)6-3/h1-7,23H,(H,24,25);4-6H2,1-3H3. The van der Waals surface area contributed by atoms with E-state index in [0.717, 1.165) is 12.1 Å². The molecule has 10 heteroatoms. The molecule has 0 aliphatic rings. The first-order valence-corrected chi connectivity index (χ1v) is 10.5. The minimum Gasteiger partial charge on any atom is -0.505 e. The Labute approximate surface area is 194 Å². The van der Waals surface area contributed by atoms with Crippen molar-refractivity contribution in [2.75, 3.05) is 19.6 Å². The average molecular weight is 485 g/mol. The van der Waals surface area contributed by atoms with Crippen molar-refractivity contribution in [2.24, 2.45) is 0 Å². The number of aromatic hydroxyl groups is 1. The van der Waals surface area contributed by atoms with Crippen LogP contribution in [-0.2, 0) is 0 Å². The van der Waals surface area contributed by atoms with Crippen LogP contribution in [0.1, 0.15) is 31.1 Å². The lowest BCUT2D eigenvalue weighted by molar-refractivity contribution is -0.274. The van der Waals surface area contributed by atoms with Gasteiger partial charge in [-0.1, -0.05) is 44.5 Å². The Morgan fingerprint density at radius 1 is 1.06 bits per heavy atom. The zero-order valence-corrected chi connectivity index (χ0v) is 19.0. The van der Waals surface area contributed by atoms with Crippen molar-refractivity contribution in [3.05, 3.63) is 53.1 Å². The minimum atomic E-state index is -4.93. The zero-order valence-electron chi connectivity index (χ0n) is 18.3. The maximum Gasteiger partial charge on any atom is 0.573 e. The molecule has 33 heavy (non-hydrogen) atoms. The van der Waals surface area contributed by atoms with E-state index in [-0.39, 0.29) is 16.6 Å². The summed E-state index contributed by atoms with van der Waals surface area (Å²) in [5.41, 5.74) is -0.129. The van der Waals surface area contributed by atoms with E-state index in [0.29, 0.717) is 10.6 Å². The molecule has 0 amide bonds. The van der Waals surface area contributed by atoms with Gasteiger partial charge in [0.05, 0.1) is 5.52 Å². The van der Waals surface area contributed by atoms with Gasteiger partial charge in [0.15, 0.2) is 5.75 Å². The third-order valence-electron chi connectivity index (χ3n) is 4.84. The van der Waals surface area contributed by atoms with Crippen LogP contribution in [0.4, 0.5) is 13.2 Å². The van der Waals surface area contributed by atoms with Crippen LogP contribution in [0.3, 0.4) is 0 Å². The third kappa shape index (κ3) is 6.97. The molecule has 0 aliphatic carbocycles. The van der Waals surface area contributed by atoms with E-state index in [4.69, 9.17) is 11.6 Å². The van der Waals surface area contributed by atoms with E-state index in [9.17, 15) is 28.2 Å². The number of aromatic nitrogens is 1. The maximum atomic E-state index is 12.4. The van der Waals surface area contributed by atoms with Crippen LogP contribution >= 0.6 is 11.6 Å². The summed E-state index contributed by atoms with van der Waals surface area (Å²) in [5, 5.41) is 20.0. The van der Waals surface area contributed by atoms with Crippen LogP contribution in [0.25, 0.3) is 22.2 Å². The fourth-order valence-electron chi connectivity index (χ4n) is 3.13. The zero-order chi connectivity index (χ0) is 24.8. The van der Waals surface area contributed by atoms with Crippen molar-refractivity contribution < 1.29 is 32.9 Å². The van der Waals surface area contributed by atoms with Crippen LogP contribution in [0.2, 0.25) is 5.02 Å². The number of carboxylic acid groups (broad SMARTS) is 1. The van der Waals surface area contributed by atoms with Crippen molar-refractivity contribution in [3.8, 4) is 22.8 Å². The predicted molar refractivity (Wildman–Crippen MR) is 121 cm³/mol. The van der Waals surface area contributed by atoms with Crippen molar-refractivity contribution in [3.63, 3.8) is 0 Å². The van der Waals surface area contributed by atoms with Gasteiger partial charge in [-0.2, -0.15) is 0 Å². The number of hydrogen-bond acceptors (Lipinski definition) is 5. The fraction of sp³-hybridized carbons (Fsp3) is 0.304. The Morgan fingerprint density at radius 2 is 1.64 bits per heavy atom. The molecule has 0 saturated carbocycles. The molecule has 0 radical (unpaired) electrons. The van der Waals surface area contributed by atoms with Crippen LogP contribution in [0, 0.1) is 0 Å². The molecule has 0 bridgehead atoms. The summed E-state index contributed by atoms with van der Waals surface area (Å²) in [6.07, 6.45) is -4.93. The highest BCUT2D eigenvalue weighted by Gasteiger charge is 2.31. The quantitative estimate of drug-likeness (QED) is 0.433. The number of rotatable bonds is 6. The van der Waals surface area contributed by atoms with E-state index in [2.05, 4.69) is 35.4 Å². The first-order chi connectivity index (χ1) is 15.5. The Morgan fingerprint density at radius 3 is 2.09 bits per heavy atom. The Hall–Kier alpha value is -3.04. The van der Waals surface area contributed by atoms with Crippen molar-refractivity contribution in [1.82, 2.24) is 9.88 Å². The Balaban J connectivity index is 0.000000479. The lowest BCUT2D eigenvalue weighted by atomic mass is 10.0.